The molecule has 106 valence electrons. The third-order valence-corrected chi connectivity index (χ3v) is 5.36. The van der Waals surface area contributed by atoms with Gasteiger partial charge < -0.3 is 9.73 Å². The summed E-state index contributed by atoms with van der Waals surface area (Å²) in [7, 11) is -0.915. The Morgan fingerprint density at radius 2 is 2.40 bits per heavy atom. The molecule has 1 amide bonds. The summed E-state index contributed by atoms with van der Waals surface area (Å²) >= 11 is 0. The van der Waals surface area contributed by atoms with Crippen molar-refractivity contribution in [3.63, 3.8) is 0 Å². The van der Waals surface area contributed by atoms with Crippen molar-refractivity contribution in [2.75, 3.05) is 12.8 Å². The third-order valence-electron chi connectivity index (χ3n) is 3.59. The summed E-state index contributed by atoms with van der Waals surface area (Å²) in [4.78, 5) is 12.0. The zero-order chi connectivity index (χ0) is 14.2. The van der Waals surface area contributed by atoms with E-state index in [1.807, 2.05) is 0 Å². The number of nitrogens with one attached hydrogen (secondary N) is 2. The maximum Gasteiger partial charge on any atom is 0.271 e. The van der Waals surface area contributed by atoms with E-state index >= 15 is 0 Å². The summed E-state index contributed by atoms with van der Waals surface area (Å²) in [5, 5.41) is 9.52. The van der Waals surface area contributed by atoms with Crippen molar-refractivity contribution in [1.29, 1.82) is 0 Å². The summed E-state index contributed by atoms with van der Waals surface area (Å²) < 4.78 is 16.6. The first-order chi connectivity index (χ1) is 9.61. The fourth-order valence-corrected chi connectivity index (χ4v) is 2.99. The monoisotopic (exact) mass is 293 g/mol. The van der Waals surface area contributed by atoms with Crippen molar-refractivity contribution in [1.82, 2.24) is 15.5 Å². The minimum Gasteiger partial charge on any atom is -0.463 e. The Morgan fingerprint density at radius 3 is 3.00 bits per heavy atom. The molecule has 3 rings (SSSR count). The topological polar surface area (TPSA) is 88.0 Å². The van der Waals surface area contributed by atoms with E-state index in [2.05, 4.69) is 15.5 Å². The molecule has 2 aromatic rings. The van der Waals surface area contributed by atoms with Crippen molar-refractivity contribution in [2.24, 2.45) is 0 Å². The number of amides is 1. The zero-order valence-electron chi connectivity index (χ0n) is 11.0. The number of nitrogens with zero attached hydrogens (tertiary/aromatic N) is 1. The van der Waals surface area contributed by atoms with Gasteiger partial charge in [-0.1, -0.05) is 0 Å². The molecule has 0 aromatic carbocycles. The summed E-state index contributed by atoms with van der Waals surface area (Å²) in [6.07, 6.45) is 5.04. The fourth-order valence-electron chi connectivity index (χ4n) is 2.03. The quantitative estimate of drug-likeness (QED) is 0.870. The van der Waals surface area contributed by atoms with Crippen LogP contribution >= 0.6 is 0 Å². The van der Waals surface area contributed by atoms with E-state index in [0.29, 0.717) is 23.7 Å². The number of aromatic nitrogens is 2. The number of H-pyrrole nitrogens is 1. The van der Waals surface area contributed by atoms with E-state index < -0.39 is 10.8 Å². The van der Waals surface area contributed by atoms with Gasteiger partial charge in [0.1, 0.15) is 5.69 Å². The first kappa shape index (κ1) is 13.1. The number of aromatic amines is 1. The van der Waals surface area contributed by atoms with Crippen LogP contribution in [0.4, 0.5) is 0 Å². The minimum absolute atomic E-state index is 0.226. The Kier molecular flexibility index (Phi) is 3.21. The van der Waals surface area contributed by atoms with Crippen LogP contribution in [0.25, 0.3) is 11.5 Å². The Morgan fingerprint density at radius 1 is 1.60 bits per heavy atom. The van der Waals surface area contributed by atoms with Gasteiger partial charge in [-0.25, -0.2) is 0 Å². The van der Waals surface area contributed by atoms with Gasteiger partial charge >= 0.3 is 0 Å². The first-order valence-electron chi connectivity index (χ1n) is 6.32. The number of furan rings is 1. The lowest BCUT2D eigenvalue weighted by atomic mass is 10.3. The summed E-state index contributed by atoms with van der Waals surface area (Å²) in [5.41, 5.74) is 0.953. The average molecular weight is 293 g/mol. The first-order valence-corrected chi connectivity index (χ1v) is 7.88. The second kappa shape index (κ2) is 4.90. The zero-order valence-corrected chi connectivity index (χ0v) is 11.8. The molecule has 1 fully saturated rings. The normalized spacial score (nSPS) is 17.6. The molecule has 2 aromatic heterocycles. The number of rotatable bonds is 5. The maximum atomic E-state index is 12.0. The number of carbonyl (C=O) groups is 1. The van der Waals surface area contributed by atoms with Crippen molar-refractivity contribution in [2.45, 2.75) is 17.6 Å². The van der Waals surface area contributed by atoms with Gasteiger partial charge in [0, 0.05) is 29.7 Å². The van der Waals surface area contributed by atoms with Gasteiger partial charge in [0.25, 0.3) is 5.91 Å². The van der Waals surface area contributed by atoms with E-state index in [1.54, 1.807) is 30.7 Å². The highest BCUT2D eigenvalue weighted by Gasteiger charge is 2.46. The minimum atomic E-state index is -0.915. The van der Waals surface area contributed by atoms with Crippen molar-refractivity contribution in [3.05, 3.63) is 30.2 Å². The van der Waals surface area contributed by atoms with E-state index in [1.165, 1.54) is 0 Å². The number of hydrogen-bond acceptors (Lipinski definition) is 4. The van der Waals surface area contributed by atoms with Crippen LogP contribution in [0.3, 0.4) is 0 Å². The van der Waals surface area contributed by atoms with Gasteiger partial charge in [-0.05, 0) is 25.0 Å². The third kappa shape index (κ3) is 2.40. The molecule has 7 heteroatoms. The van der Waals surface area contributed by atoms with Crippen LogP contribution < -0.4 is 5.32 Å². The van der Waals surface area contributed by atoms with Gasteiger partial charge in [0.05, 0.1) is 11.0 Å². The van der Waals surface area contributed by atoms with Gasteiger partial charge in [-0.15, -0.1) is 0 Å². The molecule has 1 saturated carbocycles. The van der Waals surface area contributed by atoms with Crippen LogP contribution in [0.5, 0.6) is 0 Å². The number of carbonyl (C=O) groups excluding carboxylic acids is 1. The molecule has 20 heavy (non-hydrogen) atoms. The van der Waals surface area contributed by atoms with Crippen LogP contribution in [-0.2, 0) is 10.8 Å². The molecule has 0 saturated heterocycles. The summed E-state index contributed by atoms with van der Waals surface area (Å²) in [6.45, 7) is 0.428. The van der Waals surface area contributed by atoms with E-state index in [0.717, 1.165) is 12.8 Å². The molecule has 0 unspecified atom stereocenters. The largest absolute Gasteiger partial charge is 0.463 e. The molecular weight excluding hydrogens is 278 g/mol. The van der Waals surface area contributed by atoms with Crippen LogP contribution in [0.15, 0.2) is 28.9 Å². The Balaban J connectivity index is 1.65. The van der Waals surface area contributed by atoms with Crippen LogP contribution in [0.1, 0.15) is 23.3 Å². The van der Waals surface area contributed by atoms with E-state index in [9.17, 15) is 9.00 Å². The van der Waals surface area contributed by atoms with Crippen molar-refractivity contribution < 1.29 is 13.4 Å². The lowest BCUT2D eigenvalue weighted by Gasteiger charge is -2.11. The highest BCUT2D eigenvalue weighted by atomic mass is 32.2. The Bertz CT molecular complexity index is 644. The number of hydrogen-bond donors (Lipinski definition) is 2. The predicted molar refractivity (Wildman–Crippen MR) is 74.7 cm³/mol. The van der Waals surface area contributed by atoms with Crippen LogP contribution in [-0.4, -0.2) is 37.9 Å². The highest BCUT2D eigenvalue weighted by molar-refractivity contribution is 7.86. The maximum absolute atomic E-state index is 12.0. The Labute approximate surface area is 118 Å². The summed E-state index contributed by atoms with van der Waals surface area (Å²) in [6, 6.07) is 5.19. The molecule has 0 radical (unpaired) electrons. The molecule has 6 nitrogen and oxygen atoms in total. The molecule has 2 heterocycles. The Hall–Kier alpha value is -1.89. The lowest BCUT2D eigenvalue weighted by Crippen LogP contribution is -2.35. The predicted octanol–water partition coefficient (Wildman–Crippen LogP) is 1.31. The molecule has 2 N–H and O–H groups in total. The van der Waals surface area contributed by atoms with Gasteiger partial charge in [0.15, 0.2) is 11.5 Å². The highest BCUT2D eigenvalue weighted by Crippen LogP contribution is 2.40. The molecule has 0 bridgehead atoms. The van der Waals surface area contributed by atoms with Crippen molar-refractivity contribution in [3.8, 4) is 11.5 Å². The molecular formula is C13H15N3O3S. The second-order valence-electron chi connectivity index (χ2n) is 4.96. The van der Waals surface area contributed by atoms with E-state index in [4.69, 9.17) is 4.42 Å². The van der Waals surface area contributed by atoms with Gasteiger partial charge in [-0.3, -0.25) is 14.1 Å². The molecule has 0 spiro atoms. The van der Waals surface area contributed by atoms with Crippen LogP contribution in [0, 0.1) is 0 Å². The average Bonchev–Trinajstić information content (AvgIpc) is 2.87. The van der Waals surface area contributed by atoms with Gasteiger partial charge in [-0.2, -0.15) is 5.10 Å². The molecule has 0 aliphatic heterocycles. The SMILES string of the molecule is C[S@](=O)C1(CNC(=O)c2cc(-c3ccco3)[nH]n2)CC1. The standard InChI is InChI=1S/C13H15N3O3S/c1-20(18)13(4-5-13)8-14-12(17)10-7-9(15-16-10)11-3-2-6-19-11/h2-3,6-7H,4-5,8H2,1H3,(H,14,17)(H,15,16)/t20-/m0/s1. The summed E-state index contributed by atoms with van der Waals surface area (Å²) in [5.74, 6) is 0.362. The fraction of sp³-hybridized carbons (Fsp3) is 0.385. The second-order valence-corrected chi connectivity index (χ2v) is 6.74. The van der Waals surface area contributed by atoms with E-state index in [-0.39, 0.29) is 10.7 Å². The lowest BCUT2D eigenvalue weighted by molar-refractivity contribution is 0.0948. The van der Waals surface area contributed by atoms with Crippen LogP contribution in [0.2, 0.25) is 0 Å². The molecule has 1 aliphatic carbocycles. The van der Waals surface area contributed by atoms with Crippen molar-refractivity contribution >= 4 is 16.7 Å². The molecule has 1 atom stereocenters. The molecule has 1 aliphatic rings. The smallest absolute Gasteiger partial charge is 0.271 e. The van der Waals surface area contributed by atoms with Gasteiger partial charge in [0.2, 0.25) is 0 Å².